The van der Waals surface area contributed by atoms with Gasteiger partial charge in [0.1, 0.15) is 0 Å². The summed E-state index contributed by atoms with van der Waals surface area (Å²) in [5.41, 5.74) is 1.32. The molecule has 1 fully saturated rings. The molecule has 3 rings (SSSR count). The van der Waals surface area contributed by atoms with E-state index < -0.39 is 0 Å². The molecule has 0 unspecified atom stereocenters. The number of nitrogens with one attached hydrogen (secondary N) is 1. The first-order chi connectivity index (χ1) is 11.7. The van der Waals surface area contributed by atoms with Crippen LogP contribution in [0.15, 0.2) is 16.4 Å². The number of amides is 1. The van der Waals surface area contributed by atoms with Crippen LogP contribution in [0.5, 0.6) is 0 Å². The molecule has 0 spiro atoms. The highest BCUT2D eigenvalue weighted by atomic mass is 32.1. The van der Waals surface area contributed by atoms with Gasteiger partial charge in [0.05, 0.1) is 0 Å². The molecule has 6 heteroatoms. The molecule has 24 heavy (non-hydrogen) atoms. The molecule has 2 aliphatic rings. The summed E-state index contributed by atoms with van der Waals surface area (Å²) in [7, 11) is 1.82. The van der Waals surface area contributed by atoms with Crippen LogP contribution in [0.3, 0.4) is 0 Å². The maximum atomic E-state index is 12.5. The number of nitrogens with zero attached hydrogens (tertiary/aromatic N) is 3. The largest absolute Gasteiger partial charge is 0.356 e. The fourth-order valence-corrected chi connectivity index (χ4v) is 4.34. The number of hydrogen-bond acceptors (Lipinski definition) is 3. The summed E-state index contributed by atoms with van der Waals surface area (Å²) in [4.78, 5) is 22.6. The minimum atomic E-state index is 0.238. The van der Waals surface area contributed by atoms with E-state index in [9.17, 15) is 4.79 Å². The number of carbonyl (C=O) groups excluding carboxylic acids is 1. The summed E-state index contributed by atoms with van der Waals surface area (Å²) < 4.78 is 0. The van der Waals surface area contributed by atoms with E-state index in [0.29, 0.717) is 13.0 Å². The van der Waals surface area contributed by atoms with Crippen molar-refractivity contribution in [2.75, 3.05) is 33.2 Å². The minimum Gasteiger partial charge on any atom is -0.356 e. The molecule has 0 aromatic carbocycles. The molecule has 0 saturated carbocycles. The van der Waals surface area contributed by atoms with Gasteiger partial charge in [-0.15, -0.1) is 11.3 Å². The molecular formula is C18H28N4OS. The summed E-state index contributed by atoms with van der Waals surface area (Å²) in [6, 6.07) is 2.15. The van der Waals surface area contributed by atoms with E-state index in [4.69, 9.17) is 0 Å². The number of rotatable bonds is 3. The van der Waals surface area contributed by atoms with Crippen LogP contribution >= 0.6 is 11.3 Å². The van der Waals surface area contributed by atoms with Crippen LogP contribution in [0.2, 0.25) is 0 Å². The molecule has 0 bridgehead atoms. The third-order valence-electron chi connectivity index (χ3n) is 5.08. The fourth-order valence-electron chi connectivity index (χ4n) is 3.45. The maximum Gasteiger partial charge on any atom is 0.224 e. The van der Waals surface area contributed by atoms with E-state index in [-0.39, 0.29) is 5.91 Å². The Morgan fingerprint density at radius 3 is 2.88 bits per heavy atom. The first-order valence-corrected chi connectivity index (χ1v) is 9.84. The van der Waals surface area contributed by atoms with Crippen molar-refractivity contribution in [3.8, 4) is 0 Å². The molecule has 1 aromatic heterocycles. The van der Waals surface area contributed by atoms with Crippen molar-refractivity contribution in [1.29, 1.82) is 0 Å². The van der Waals surface area contributed by atoms with Crippen LogP contribution in [0.4, 0.5) is 0 Å². The molecule has 1 N–H and O–H groups in total. The van der Waals surface area contributed by atoms with E-state index >= 15 is 0 Å². The molecule has 132 valence electrons. The number of piperidine rings is 1. The summed E-state index contributed by atoms with van der Waals surface area (Å²) in [6.07, 6.45) is 3.97. The third-order valence-corrected chi connectivity index (χ3v) is 6.10. The monoisotopic (exact) mass is 348 g/mol. The Labute approximate surface area is 148 Å². The zero-order valence-electron chi connectivity index (χ0n) is 14.8. The van der Waals surface area contributed by atoms with Gasteiger partial charge < -0.3 is 15.1 Å². The predicted molar refractivity (Wildman–Crippen MR) is 99.4 cm³/mol. The molecular weight excluding hydrogens is 320 g/mol. The van der Waals surface area contributed by atoms with Gasteiger partial charge in [0.15, 0.2) is 5.96 Å². The number of carbonyl (C=O) groups is 1. The number of aliphatic imine (C=N–C) groups is 1. The van der Waals surface area contributed by atoms with Crippen molar-refractivity contribution >= 4 is 23.2 Å². The quantitative estimate of drug-likeness (QED) is 0.674. The van der Waals surface area contributed by atoms with Crippen molar-refractivity contribution in [3.63, 3.8) is 0 Å². The lowest BCUT2D eigenvalue weighted by molar-refractivity contribution is -0.131. The molecule has 1 amide bonds. The first kappa shape index (κ1) is 17.3. The number of likely N-dealkylation sites (tertiary alicyclic amines) is 1. The van der Waals surface area contributed by atoms with Crippen LogP contribution in [-0.4, -0.2) is 54.9 Å². The Hall–Kier alpha value is -1.56. The van der Waals surface area contributed by atoms with Crippen molar-refractivity contribution in [3.05, 3.63) is 21.9 Å². The lowest BCUT2D eigenvalue weighted by Gasteiger charge is -2.33. The SMILES string of the molecule is CN=C(NCCC(=O)N1CCc2sccc2C1)N1CCC(C)CC1. The zero-order chi connectivity index (χ0) is 16.9. The van der Waals surface area contributed by atoms with Gasteiger partial charge in [0.2, 0.25) is 5.91 Å². The van der Waals surface area contributed by atoms with Crippen molar-refractivity contribution in [2.24, 2.45) is 10.9 Å². The van der Waals surface area contributed by atoms with Crippen LogP contribution < -0.4 is 5.32 Å². The Balaban J connectivity index is 1.43. The van der Waals surface area contributed by atoms with Crippen molar-refractivity contribution in [2.45, 2.75) is 39.2 Å². The highest BCUT2D eigenvalue weighted by molar-refractivity contribution is 7.10. The van der Waals surface area contributed by atoms with E-state index in [1.807, 2.05) is 23.3 Å². The Kier molecular flexibility index (Phi) is 5.76. The smallest absolute Gasteiger partial charge is 0.224 e. The van der Waals surface area contributed by atoms with Crippen LogP contribution in [0.1, 0.15) is 36.6 Å². The minimum absolute atomic E-state index is 0.238. The van der Waals surface area contributed by atoms with Gasteiger partial charge in [0.25, 0.3) is 0 Å². The summed E-state index contributed by atoms with van der Waals surface area (Å²) >= 11 is 1.81. The molecule has 5 nitrogen and oxygen atoms in total. The number of thiophene rings is 1. The molecule has 1 saturated heterocycles. The molecule has 2 aliphatic heterocycles. The molecule has 0 radical (unpaired) electrons. The van der Waals surface area contributed by atoms with Gasteiger partial charge in [-0.3, -0.25) is 9.79 Å². The predicted octanol–water partition coefficient (Wildman–Crippen LogP) is 2.33. The summed E-state index contributed by atoms with van der Waals surface area (Å²) in [5.74, 6) is 1.98. The number of hydrogen-bond donors (Lipinski definition) is 1. The van der Waals surface area contributed by atoms with Gasteiger partial charge >= 0.3 is 0 Å². The topological polar surface area (TPSA) is 47.9 Å². The van der Waals surface area contributed by atoms with Crippen molar-refractivity contribution < 1.29 is 4.79 Å². The standard InChI is InChI=1S/C18H28N4OS/c1-14-4-9-21(10-5-14)18(19-2)20-8-3-17(23)22-11-6-16-15(13-22)7-12-24-16/h7,12,14H,3-6,8-11,13H2,1-2H3,(H,19,20). The molecule has 1 aromatic rings. The molecule has 0 aliphatic carbocycles. The normalized spacial score (nSPS) is 19.3. The average molecular weight is 349 g/mol. The second kappa shape index (κ2) is 8.01. The maximum absolute atomic E-state index is 12.5. The van der Waals surface area contributed by atoms with E-state index in [1.54, 1.807) is 0 Å². The zero-order valence-corrected chi connectivity index (χ0v) is 15.6. The Morgan fingerprint density at radius 1 is 1.33 bits per heavy atom. The number of fused-ring (bicyclic) bond motifs is 1. The highest BCUT2D eigenvalue weighted by Gasteiger charge is 2.22. The summed E-state index contributed by atoms with van der Waals surface area (Å²) in [6.45, 7) is 6.71. The van der Waals surface area contributed by atoms with Crippen LogP contribution in [0, 0.1) is 5.92 Å². The third kappa shape index (κ3) is 4.09. The molecule has 3 heterocycles. The van der Waals surface area contributed by atoms with E-state index in [2.05, 4.69) is 33.6 Å². The van der Waals surface area contributed by atoms with E-state index in [0.717, 1.165) is 44.5 Å². The highest BCUT2D eigenvalue weighted by Crippen LogP contribution is 2.24. The Morgan fingerprint density at radius 2 is 2.12 bits per heavy atom. The van der Waals surface area contributed by atoms with Crippen LogP contribution in [0.25, 0.3) is 0 Å². The van der Waals surface area contributed by atoms with Crippen LogP contribution in [-0.2, 0) is 17.8 Å². The lowest BCUT2D eigenvalue weighted by Crippen LogP contribution is -2.46. The molecule has 0 atom stereocenters. The Bertz CT molecular complexity index is 590. The summed E-state index contributed by atoms with van der Waals surface area (Å²) in [5, 5.41) is 5.50. The van der Waals surface area contributed by atoms with E-state index in [1.165, 1.54) is 23.3 Å². The lowest BCUT2D eigenvalue weighted by atomic mass is 10.00. The van der Waals surface area contributed by atoms with Gasteiger partial charge in [0, 0.05) is 51.1 Å². The first-order valence-electron chi connectivity index (χ1n) is 8.96. The van der Waals surface area contributed by atoms with Gasteiger partial charge in [-0.1, -0.05) is 6.92 Å². The average Bonchev–Trinajstić information content (AvgIpc) is 3.07. The second-order valence-corrected chi connectivity index (χ2v) is 7.83. The number of guanidine groups is 1. The van der Waals surface area contributed by atoms with Gasteiger partial charge in [-0.25, -0.2) is 0 Å². The fraction of sp³-hybridized carbons (Fsp3) is 0.667. The van der Waals surface area contributed by atoms with Crippen molar-refractivity contribution in [1.82, 2.24) is 15.1 Å². The van der Waals surface area contributed by atoms with Gasteiger partial charge in [-0.2, -0.15) is 0 Å². The van der Waals surface area contributed by atoms with Gasteiger partial charge in [-0.05, 0) is 42.2 Å². The second-order valence-electron chi connectivity index (χ2n) is 6.83.